The second-order valence-electron chi connectivity index (χ2n) is 8.79. The number of rotatable bonds is 4. The van der Waals surface area contributed by atoms with Gasteiger partial charge in [-0.1, -0.05) is 42.6 Å². The van der Waals surface area contributed by atoms with E-state index in [0.29, 0.717) is 24.8 Å². The van der Waals surface area contributed by atoms with Crippen LogP contribution in [-0.4, -0.2) is 72.4 Å². The smallest absolute Gasteiger partial charge is 0.332 e. The highest BCUT2D eigenvalue weighted by atomic mass is 16.5. The van der Waals surface area contributed by atoms with Crippen molar-refractivity contribution in [2.45, 2.75) is 38.1 Å². The van der Waals surface area contributed by atoms with E-state index in [9.17, 15) is 14.4 Å². The van der Waals surface area contributed by atoms with Gasteiger partial charge in [-0.2, -0.15) is 14.8 Å². The van der Waals surface area contributed by atoms with Crippen LogP contribution in [0.4, 0.5) is 0 Å². The third-order valence-electron chi connectivity index (χ3n) is 6.69. The molecule has 1 aliphatic carbocycles. The van der Waals surface area contributed by atoms with Crippen LogP contribution in [0.3, 0.4) is 0 Å². The minimum absolute atomic E-state index is 0.130. The summed E-state index contributed by atoms with van der Waals surface area (Å²) in [5.41, 5.74) is -0.954. The Balaban J connectivity index is 1.35. The van der Waals surface area contributed by atoms with Gasteiger partial charge in [-0.3, -0.25) is 19.1 Å². The molecule has 34 heavy (non-hydrogen) atoms. The topological polar surface area (TPSA) is 119 Å². The highest BCUT2D eigenvalue weighted by molar-refractivity contribution is 5.90. The van der Waals surface area contributed by atoms with E-state index in [1.807, 2.05) is 6.07 Å². The zero-order valence-corrected chi connectivity index (χ0v) is 19.1. The molecule has 2 aliphatic rings. The SMILES string of the molecule is Cn1c(=O)c(-c2noc(C(=O)N3CCN(C4CCCCC4)CC3)n2)nn(-c2ccccc2)c1=O. The van der Waals surface area contributed by atoms with Gasteiger partial charge < -0.3 is 9.42 Å². The molecule has 1 amide bonds. The summed E-state index contributed by atoms with van der Waals surface area (Å²) in [6.07, 6.45) is 6.33. The lowest BCUT2D eigenvalue weighted by Crippen LogP contribution is -2.52. The summed E-state index contributed by atoms with van der Waals surface area (Å²) in [4.78, 5) is 46.6. The van der Waals surface area contributed by atoms with Crippen molar-refractivity contribution in [3.05, 3.63) is 57.1 Å². The fourth-order valence-electron chi connectivity index (χ4n) is 4.73. The molecule has 0 bridgehead atoms. The molecule has 0 unspecified atom stereocenters. The first-order valence-corrected chi connectivity index (χ1v) is 11.7. The van der Waals surface area contributed by atoms with Crippen LogP contribution in [0.25, 0.3) is 17.2 Å². The molecule has 3 heterocycles. The van der Waals surface area contributed by atoms with Crippen molar-refractivity contribution in [3.8, 4) is 17.2 Å². The molecule has 2 fully saturated rings. The molecule has 2 aromatic heterocycles. The van der Waals surface area contributed by atoms with E-state index >= 15 is 0 Å². The Kier molecular flexibility index (Phi) is 6.10. The normalized spacial score (nSPS) is 17.7. The largest absolute Gasteiger partial charge is 0.351 e. The maximum Gasteiger partial charge on any atom is 0.351 e. The molecule has 1 saturated heterocycles. The van der Waals surface area contributed by atoms with Gasteiger partial charge in [0.2, 0.25) is 5.82 Å². The van der Waals surface area contributed by atoms with E-state index in [1.165, 1.54) is 39.2 Å². The minimum Gasteiger partial charge on any atom is -0.332 e. The van der Waals surface area contributed by atoms with Crippen LogP contribution in [0.5, 0.6) is 0 Å². The van der Waals surface area contributed by atoms with Gasteiger partial charge in [-0.05, 0) is 25.0 Å². The van der Waals surface area contributed by atoms with Crippen LogP contribution in [0.15, 0.2) is 44.4 Å². The average Bonchev–Trinajstić information content (AvgIpc) is 3.38. The van der Waals surface area contributed by atoms with Crippen LogP contribution in [0, 0.1) is 0 Å². The number of nitrogens with zero attached hydrogens (tertiary/aromatic N) is 7. The van der Waals surface area contributed by atoms with Crippen LogP contribution >= 0.6 is 0 Å². The first kappa shape index (κ1) is 22.2. The average molecular weight is 466 g/mol. The molecular formula is C23H27N7O4. The molecule has 1 aromatic carbocycles. The third-order valence-corrected chi connectivity index (χ3v) is 6.69. The van der Waals surface area contributed by atoms with Crippen LogP contribution < -0.4 is 11.2 Å². The van der Waals surface area contributed by atoms with Gasteiger partial charge >= 0.3 is 17.5 Å². The molecule has 1 saturated carbocycles. The van der Waals surface area contributed by atoms with E-state index in [1.54, 1.807) is 29.2 Å². The molecule has 1 aliphatic heterocycles. The van der Waals surface area contributed by atoms with E-state index in [4.69, 9.17) is 4.52 Å². The van der Waals surface area contributed by atoms with Crippen LogP contribution in [0.1, 0.15) is 42.8 Å². The Hall–Kier alpha value is -3.60. The quantitative estimate of drug-likeness (QED) is 0.561. The summed E-state index contributed by atoms with van der Waals surface area (Å²) < 4.78 is 7.23. The van der Waals surface area contributed by atoms with Crippen LogP contribution in [0.2, 0.25) is 0 Å². The second kappa shape index (κ2) is 9.34. The van der Waals surface area contributed by atoms with Crippen LogP contribution in [-0.2, 0) is 7.05 Å². The number of hydrogen-bond donors (Lipinski definition) is 0. The predicted octanol–water partition coefficient (Wildman–Crippen LogP) is 1.07. The summed E-state index contributed by atoms with van der Waals surface area (Å²) in [6, 6.07) is 9.33. The Morgan fingerprint density at radius 2 is 1.71 bits per heavy atom. The number of hydrogen-bond acceptors (Lipinski definition) is 8. The molecular weight excluding hydrogens is 438 g/mol. The maximum absolute atomic E-state index is 13.0. The fourth-order valence-corrected chi connectivity index (χ4v) is 4.73. The number of aromatic nitrogens is 5. The van der Waals surface area contributed by atoms with E-state index in [0.717, 1.165) is 22.3 Å². The minimum atomic E-state index is -0.668. The van der Waals surface area contributed by atoms with Crippen molar-refractivity contribution in [2.24, 2.45) is 7.05 Å². The number of amides is 1. The van der Waals surface area contributed by atoms with Gasteiger partial charge in [0.15, 0.2) is 5.69 Å². The molecule has 5 rings (SSSR count). The zero-order chi connectivity index (χ0) is 23.7. The van der Waals surface area contributed by atoms with Gasteiger partial charge in [0, 0.05) is 39.3 Å². The van der Waals surface area contributed by atoms with Gasteiger partial charge in [-0.15, -0.1) is 0 Å². The van der Waals surface area contributed by atoms with Crippen molar-refractivity contribution < 1.29 is 9.32 Å². The van der Waals surface area contributed by atoms with Crippen molar-refractivity contribution >= 4 is 5.91 Å². The lowest BCUT2D eigenvalue weighted by Gasteiger charge is -2.40. The van der Waals surface area contributed by atoms with E-state index in [-0.39, 0.29) is 23.3 Å². The zero-order valence-electron chi connectivity index (χ0n) is 19.1. The highest BCUT2D eigenvalue weighted by Crippen LogP contribution is 2.24. The maximum atomic E-state index is 13.0. The summed E-state index contributed by atoms with van der Waals surface area (Å²) >= 11 is 0. The molecule has 11 heteroatoms. The van der Waals surface area contributed by atoms with Crippen molar-refractivity contribution in [1.82, 2.24) is 34.3 Å². The fraction of sp³-hybridized carbons (Fsp3) is 0.478. The van der Waals surface area contributed by atoms with Crippen molar-refractivity contribution in [2.75, 3.05) is 26.2 Å². The third kappa shape index (κ3) is 4.18. The number of carbonyl (C=O) groups is 1. The number of para-hydroxylation sites is 1. The number of benzene rings is 1. The van der Waals surface area contributed by atoms with E-state index < -0.39 is 11.2 Å². The van der Waals surface area contributed by atoms with Gasteiger partial charge in [-0.25, -0.2) is 4.79 Å². The highest BCUT2D eigenvalue weighted by Gasteiger charge is 2.30. The molecule has 3 aromatic rings. The number of piperazine rings is 1. The monoisotopic (exact) mass is 465 g/mol. The molecule has 11 nitrogen and oxygen atoms in total. The van der Waals surface area contributed by atoms with E-state index in [2.05, 4.69) is 20.1 Å². The molecule has 0 spiro atoms. The molecule has 0 radical (unpaired) electrons. The van der Waals surface area contributed by atoms with Crippen molar-refractivity contribution in [3.63, 3.8) is 0 Å². The Morgan fingerprint density at radius 1 is 1.00 bits per heavy atom. The lowest BCUT2D eigenvalue weighted by molar-refractivity contribution is 0.0483. The Bertz CT molecular complexity index is 1280. The summed E-state index contributed by atoms with van der Waals surface area (Å²) in [7, 11) is 1.35. The summed E-state index contributed by atoms with van der Waals surface area (Å²) in [5, 5.41) is 8.00. The first-order chi connectivity index (χ1) is 16.5. The molecule has 0 atom stereocenters. The first-order valence-electron chi connectivity index (χ1n) is 11.7. The predicted molar refractivity (Wildman–Crippen MR) is 123 cm³/mol. The standard InChI is InChI=1S/C23H27N7O4/c1-27-21(31)18(25-30(23(27)33)17-10-6-3-7-11-17)19-24-20(34-26-19)22(32)29-14-12-28(13-15-29)16-8-4-2-5-9-16/h3,6-7,10-11,16H,2,4-5,8-9,12-15H2,1H3. The molecule has 178 valence electrons. The molecule has 0 N–H and O–H groups in total. The Labute approximate surface area is 195 Å². The number of carbonyl (C=O) groups excluding carboxylic acids is 1. The summed E-state index contributed by atoms with van der Waals surface area (Å²) in [6.45, 7) is 2.82. The van der Waals surface area contributed by atoms with Gasteiger partial charge in [0.25, 0.3) is 5.56 Å². The second-order valence-corrected chi connectivity index (χ2v) is 8.79. The van der Waals surface area contributed by atoms with Crippen molar-refractivity contribution in [1.29, 1.82) is 0 Å². The summed E-state index contributed by atoms with van der Waals surface area (Å²) in [5.74, 6) is -0.688. The van der Waals surface area contributed by atoms with Gasteiger partial charge in [0.05, 0.1) is 5.69 Å². The lowest BCUT2D eigenvalue weighted by atomic mass is 9.94. The Morgan fingerprint density at radius 3 is 2.41 bits per heavy atom. The van der Waals surface area contributed by atoms with Gasteiger partial charge in [0.1, 0.15) is 0 Å².